The summed E-state index contributed by atoms with van der Waals surface area (Å²) in [4.78, 5) is 34.9. The van der Waals surface area contributed by atoms with Gasteiger partial charge in [-0.05, 0) is 13.3 Å². The average Bonchev–Trinajstić information content (AvgIpc) is 3.05. The highest BCUT2D eigenvalue weighted by atomic mass is 16.2. The van der Waals surface area contributed by atoms with Crippen LogP contribution in [0.15, 0.2) is 9.59 Å². The van der Waals surface area contributed by atoms with E-state index in [0.717, 1.165) is 24.5 Å². The Kier molecular flexibility index (Phi) is 3.08. The van der Waals surface area contributed by atoms with Gasteiger partial charge in [0.15, 0.2) is 11.2 Å². The lowest BCUT2D eigenvalue weighted by molar-refractivity contribution is 0.438. The summed E-state index contributed by atoms with van der Waals surface area (Å²) in [7, 11) is 3.34. The van der Waals surface area contributed by atoms with Gasteiger partial charge in [-0.25, -0.2) is 14.5 Å². The minimum Gasteiger partial charge on any atom is -0.351 e. The number of aromatic amines is 1. The van der Waals surface area contributed by atoms with Crippen LogP contribution in [-0.2, 0) is 27.1 Å². The predicted octanol–water partition coefficient (Wildman–Crippen LogP) is -0.713. The maximum absolute atomic E-state index is 12.1. The maximum atomic E-state index is 12.1. The van der Waals surface area contributed by atoms with Gasteiger partial charge in [-0.3, -0.25) is 14.3 Å². The van der Waals surface area contributed by atoms with E-state index in [0.29, 0.717) is 23.7 Å². The summed E-state index contributed by atoms with van der Waals surface area (Å²) < 4.78 is 4.92. The normalized spacial score (nSPS) is 17.2. The number of aryl methyl sites for hydroxylation is 4. The average molecular weight is 330 g/mol. The maximum Gasteiger partial charge on any atom is 0.329 e. The molecule has 0 bridgehead atoms. The highest BCUT2D eigenvalue weighted by molar-refractivity contribution is 5.73. The van der Waals surface area contributed by atoms with Crippen molar-refractivity contribution in [3.63, 3.8) is 0 Å². The molecule has 1 aliphatic rings. The molecule has 10 heteroatoms. The molecule has 0 aliphatic carbocycles. The Morgan fingerprint density at radius 3 is 2.79 bits per heavy atom. The van der Waals surface area contributed by atoms with E-state index in [1.165, 1.54) is 4.57 Å². The van der Waals surface area contributed by atoms with E-state index in [-0.39, 0.29) is 6.04 Å². The van der Waals surface area contributed by atoms with Crippen LogP contribution in [-0.4, -0.2) is 39.9 Å². The van der Waals surface area contributed by atoms with Gasteiger partial charge in [0, 0.05) is 26.6 Å². The second-order valence-corrected chi connectivity index (χ2v) is 6.12. The molecule has 0 fully saturated rings. The fraction of sp³-hybridized carbons (Fsp3) is 0.500. The first kappa shape index (κ1) is 14.7. The Balaban J connectivity index is 1.70. The zero-order valence-electron chi connectivity index (χ0n) is 13.7. The third-order valence-electron chi connectivity index (χ3n) is 4.43. The van der Waals surface area contributed by atoms with Gasteiger partial charge in [-0.15, -0.1) is 0 Å². The molecule has 0 radical (unpaired) electrons. The first-order chi connectivity index (χ1) is 11.4. The second kappa shape index (κ2) is 5.05. The highest BCUT2D eigenvalue weighted by Gasteiger charge is 2.23. The van der Waals surface area contributed by atoms with Crippen LogP contribution < -0.4 is 16.6 Å². The number of fused-ring (bicyclic) bond motifs is 2. The van der Waals surface area contributed by atoms with Crippen LogP contribution in [0.25, 0.3) is 11.2 Å². The first-order valence-electron chi connectivity index (χ1n) is 7.76. The number of aromatic nitrogens is 7. The molecule has 0 spiro atoms. The number of nitrogens with one attached hydrogen (secondary N) is 2. The van der Waals surface area contributed by atoms with Crippen molar-refractivity contribution in [1.29, 1.82) is 0 Å². The van der Waals surface area contributed by atoms with E-state index in [2.05, 4.69) is 25.4 Å². The van der Waals surface area contributed by atoms with Gasteiger partial charge in [0.1, 0.15) is 11.6 Å². The summed E-state index contributed by atoms with van der Waals surface area (Å²) >= 11 is 0. The summed E-state index contributed by atoms with van der Waals surface area (Å²) in [6, 6.07) is 0.130. The number of H-pyrrole nitrogens is 1. The number of imidazole rings is 1. The van der Waals surface area contributed by atoms with Crippen LogP contribution in [0.2, 0.25) is 0 Å². The SMILES string of the molecule is Cc1nc2n(n1)CC(Nc1nc3c(c(=O)[nH]c(=O)n3C)n1C)CC2. The Bertz CT molecular complexity index is 1050. The number of hydrogen-bond donors (Lipinski definition) is 2. The van der Waals surface area contributed by atoms with Crippen molar-refractivity contribution < 1.29 is 0 Å². The minimum absolute atomic E-state index is 0.130. The summed E-state index contributed by atoms with van der Waals surface area (Å²) in [5, 5.41) is 7.74. The van der Waals surface area contributed by atoms with Gasteiger partial charge < -0.3 is 9.88 Å². The quantitative estimate of drug-likeness (QED) is 0.641. The van der Waals surface area contributed by atoms with Crippen molar-refractivity contribution in [2.75, 3.05) is 5.32 Å². The van der Waals surface area contributed by atoms with Crippen molar-refractivity contribution in [2.45, 2.75) is 32.4 Å². The zero-order chi connectivity index (χ0) is 17.0. The molecule has 0 amide bonds. The lowest BCUT2D eigenvalue weighted by atomic mass is 10.1. The van der Waals surface area contributed by atoms with Crippen LogP contribution >= 0.6 is 0 Å². The van der Waals surface area contributed by atoms with E-state index in [1.807, 2.05) is 11.6 Å². The molecule has 4 heterocycles. The first-order valence-corrected chi connectivity index (χ1v) is 7.76. The van der Waals surface area contributed by atoms with Crippen molar-refractivity contribution in [3.05, 3.63) is 32.5 Å². The molecule has 4 rings (SSSR count). The van der Waals surface area contributed by atoms with Crippen LogP contribution in [0.1, 0.15) is 18.1 Å². The molecule has 126 valence electrons. The highest BCUT2D eigenvalue weighted by Crippen LogP contribution is 2.19. The third kappa shape index (κ3) is 2.14. The summed E-state index contributed by atoms with van der Waals surface area (Å²) in [6.45, 7) is 2.57. The Morgan fingerprint density at radius 1 is 1.21 bits per heavy atom. The van der Waals surface area contributed by atoms with Gasteiger partial charge >= 0.3 is 5.69 Å². The van der Waals surface area contributed by atoms with E-state index in [1.54, 1.807) is 18.7 Å². The smallest absolute Gasteiger partial charge is 0.329 e. The van der Waals surface area contributed by atoms with Gasteiger partial charge in [0.25, 0.3) is 5.56 Å². The lowest BCUT2D eigenvalue weighted by Gasteiger charge is -2.23. The molecule has 0 saturated heterocycles. The fourth-order valence-corrected chi connectivity index (χ4v) is 3.17. The fourth-order valence-electron chi connectivity index (χ4n) is 3.17. The number of anilines is 1. The molecule has 24 heavy (non-hydrogen) atoms. The minimum atomic E-state index is -0.474. The van der Waals surface area contributed by atoms with E-state index < -0.39 is 11.2 Å². The van der Waals surface area contributed by atoms with Crippen molar-refractivity contribution in [3.8, 4) is 0 Å². The van der Waals surface area contributed by atoms with Crippen LogP contribution in [0.3, 0.4) is 0 Å². The van der Waals surface area contributed by atoms with Crippen LogP contribution in [0.5, 0.6) is 0 Å². The van der Waals surface area contributed by atoms with Gasteiger partial charge in [-0.1, -0.05) is 0 Å². The molecule has 2 N–H and O–H groups in total. The number of rotatable bonds is 2. The van der Waals surface area contributed by atoms with Crippen molar-refractivity contribution >= 4 is 17.1 Å². The van der Waals surface area contributed by atoms with E-state index in [4.69, 9.17) is 0 Å². The molecule has 0 aromatic carbocycles. The number of nitrogens with zero attached hydrogens (tertiary/aromatic N) is 6. The Labute approximate surface area is 136 Å². The predicted molar refractivity (Wildman–Crippen MR) is 87.1 cm³/mol. The van der Waals surface area contributed by atoms with Crippen molar-refractivity contribution in [1.82, 2.24) is 33.9 Å². The molecule has 3 aromatic rings. The molecule has 10 nitrogen and oxygen atoms in total. The molecule has 3 aromatic heterocycles. The zero-order valence-corrected chi connectivity index (χ0v) is 13.7. The largest absolute Gasteiger partial charge is 0.351 e. The molecule has 1 unspecified atom stereocenters. The molecular formula is C14H18N8O2. The summed E-state index contributed by atoms with van der Waals surface area (Å²) in [5.74, 6) is 2.33. The molecule has 1 atom stereocenters. The Hall–Kier alpha value is -2.91. The van der Waals surface area contributed by atoms with Gasteiger partial charge in [0.05, 0.1) is 6.54 Å². The monoisotopic (exact) mass is 330 g/mol. The van der Waals surface area contributed by atoms with Gasteiger partial charge in [0.2, 0.25) is 5.95 Å². The second-order valence-electron chi connectivity index (χ2n) is 6.12. The van der Waals surface area contributed by atoms with Crippen LogP contribution in [0.4, 0.5) is 5.95 Å². The topological polar surface area (TPSA) is 115 Å². The lowest BCUT2D eigenvalue weighted by Crippen LogP contribution is -2.33. The van der Waals surface area contributed by atoms with Gasteiger partial charge in [-0.2, -0.15) is 10.1 Å². The number of hydrogen-bond acceptors (Lipinski definition) is 6. The standard InChI is InChI=1S/C14H18N8O2/c1-7-15-9-5-4-8(6-22(9)19-7)16-13-17-11-10(20(13)2)12(23)18-14(24)21(11)3/h8H,4-6H2,1-3H3,(H,16,17)(H,18,23,24). The third-order valence-corrected chi connectivity index (χ3v) is 4.43. The Morgan fingerprint density at radius 2 is 2.00 bits per heavy atom. The molecule has 0 saturated carbocycles. The van der Waals surface area contributed by atoms with E-state index >= 15 is 0 Å². The summed E-state index contributed by atoms with van der Waals surface area (Å²) in [5.41, 5.74) is -0.180. The molecule has 1 aliphatic heterocycles. The molecular weight excluding hydrogens is 312 g/mol. The summed E-state index contributed by atoms with van der Waals surface area (Å²) in [6.07, 6.45) is 1.73. The van der Waals surface area contributed by atoms with Crippen LogP contribution in [0, 0.1) is 6.92 Å². The van der Waals surface area contributed by atoms with E-state index in [9.17, 15) is 9.59 Å². The van der Waals surface area contributed by atoms with Crippen molar-refractivity contribution in [2.24, 2.45) is 14.1 Å².